The first kappa shape index (κ1) is 14.2. The fourth-order valence-corrected chi connectivity index (χ4v) is 1.96. The second-order valence-electron chi connectivity index (χ2n) is 4.78. The quantitative estimate of drug-likeness (QED) is 0.750. The summed E-state index contributed by atoms with van der Waals surface area (Å²) in [5.41, 5.74) is 0. The average molecular weight is 256 g/mol. The van der Waals surface area contributed by atoms with E-state index in [0.717, 1.165) is 5.75 Å². The van der Waals surface area contributed by atoms with Crippen molar-refractivity contribution in [2.24, 2.45) is 5.92 Å². The summed E-state index contributed by atoms with van der Waals surface area (Å²) in [6.07, 6.45) is 0.829. The van der Waals surface area contributed by atoms with Gasteiger partial charge in [-0.15, -0.1) is 0 Å². The molecule has 0 bridgehead atoms. The number of carbonyl (C=O) groups excluding carboxylic acids is 1. The molecule has 0 aliphatic carbocycles. The van der Waals surface area contributed by atoms with Crippen molar-refractivity contribution in [1.82, 2.24) is 10.1 Å². The molecule has 0 N–H and O–H groups in total. The molecule has 17 heavy (non-hydrogen) atoms. The molecule has 1 heterocycles. The maximum Gasteiger partial charge on any atom is 0.234 e. The number of aromatic nitrogens is 2. The van der Waals surface area contributed by atoms with Gasteiger partial charge in [-0.2, -0.15) is 16.7 Å². The highest BCUT2D eigenvalue weighted by Gasteiger charge is 2.12. The van der Waals surface area contributed by atoms with Gasteiger partial charge in [0.1, 0.15) is 5.78 Å². The van der Waals surface area contributed by atoms with Crippen molar-refractivity contribution in [2.45, 2.75) is 51.5 Å². The molecule has 5 heteroatoms. The van der Waals surface area contributed by atoms with E-state index < -0.39 is 0 Å². The summed E-state index contributed by atoms with van der Waals surface area (Å²) in [5, 5.41) is 4.40. The lowest BCUT2D eigenvalue weighted by Crippen LogP contribution is -2.06. The topological polar surface area (TPSA) is 56.0 Å². The van der Waals surface area contributed by atoms with Crippen LogP contribution in [0.5, 0.6) is 0 Å². The van der Waals surface area contributed by atoms with Gasteiger partial charge in [-0.1, -0.05) is 32.9 Å². The Morgan fingerprint density at radius 3 is 2.65 bits per heavy atom. The molecule has 0 aliphatic heterocycles. The van der Waals surface area contributed by atoms with Crippen molar-refractivity contribution >= 4 is 17.5 Å². The van der Waals surface area contributed by atoms with Gasteiger partial charge in [0.15, 0.2) is 5.82 Å². The molecular weight excluding hydrogens is 236 g/mol. The number of hydrogen-bond acceptors (Lipinski definition) is 5. The molecule has 0 aliphatic rings. The summed E-state index contributed by atoms with van der Waals surface area (Å²) in [5.74, 6) is 2.39. The Balaban J connectivity index is 2.42. The third-order valence-corrected chi connectivity index (χ3v) is 3.13. The Labute approximate surface area is 107 Å². The average Bonchev–Trinajstić information content (AvgIpc) is 2.61. The number of thioether (sulfide) groups is 1. The molecule has 1 aromatic heterocycles. The molecular formula is C12H20N2O2S. The van der Waals surface area contributed by atoms with Crippen LogP contribution < -0.4 is 0 Å². The molecule has 0 fully saturated rings. The maximum atomic E-state index is 11.6. The third kappa shape index (κ3) is 5.86. The van der Waals surface area contributed by atoms with Crippen LogP contribution in [0.2, 0.25) is 0 Å². The van der Waals surface area contributed by atoms with Gasteiger partial charge in [-0.05, 0) is 11.2 Å². The Hall–Kier alpha value is -0.840. The first-order valence-corrected chi connectivity index (χ1v) is 6.97. The lowest BCUT2D eigenvalue weighted by Gasteiger charge is -2.00. The smallest absolute Gasteiger partial charge is 0.234 e. The Kier molecular flexibility index (Phi) is 5.68. The Morgan fingerprint density at radius 1 is 1.35 bits per heavy atom. The van der Waals surface area contributed by atoms with E-state index in [2.05, 4.69) is 24.0 Å². The third-order valence-electron chi connectivity index (χ3n) is 2.04. The van der Waals surface area contributed by atoms with Crippen molar-refractivity contribution in [3.05, 3.63) is 11.7 Å². The number of nitrogens with zero attached hydrogens (tertiary/aromatic N) is 2. The number of ketones is 1. The zero-order valence-electron chi connectivity index (χ0n) is 10.9. The lowest BCUT2D eigenvalue weighted by molar-refractivity contribution is -0.119. The van der Waals surface area contributed by atoms with Crippen LogP contribution in [0.3, 0.4) is 0 Å². The van der Waals surface area contributed by atoms with E-state index in [1.165, 1.54) is 0 Å². The second-order valence-corrected chi connectivity index (χ2v) is 6.34. The van der Waals surface area contributed by atoms with E-state index in [4.69, 9.17) is 4.52 Å². The largest absolute Gasteiger partial charge is 0.339 e. The molecule has 0 unspecified atom stereocenters. The normalized spacial score (nSPS) is 11.4. The molecule has 4 nitrogen and oxygen atoms in total. The molecule has 0 amide bonds. The van der Waals surface area contributed by atoms with Crippen molar-refractivity contribution in [1.29, 1.82) is 0 Å². The minimum Gasteiger partial charge on any atom is -0.339 e. The van der Waals surface area contributed by atoms with Crippen LogP contribution in [0.4, 0.5) is 0 Å². The van der Waals surface area contributed by atoms with Crippen molar-refractivity contribution in [3.8, 4) is 0 Å². The SMILES string of the molecule is CC(C)CC(=O)Cc1nc(CSC(C)C)no1. The highest BCUT2D eigenvalue weighted by molar-refractivity contribution is 7.99. The van der Waals surface area contributed by atoms with Crippen LogP contribution in [0.15, 0.2) is 4.52 Å². The van der Waals surface area contributed by atoms with E-state index >= 15 is 0 Å². The minimum atomic E-state index is 0.159. The summed E-state index contributed by atoms with van der Waals surface area (Å²) < 4.78 is 5.05. The van der Waals surface area contributed by atoms with Gasteiger partial charge in [0.2, 0.25) is 5.89 Å². The highest BCUT2D eigenvalue weighted by atomic mass is 32.2. The lowest BCUT2D eigenvalue weighted by atomic mass is 10.1. The zero-order valence-corrected chi connectivity index (χ0v) is 11.7. The Bertz CT molecular complexity index is 361. The fraction of sp³-hybridized carbons (Fsp3) is 0.750. The second kappa shape index (κ2) is 6.79. The van der Waals surface area contributed by atoms with E-state index in [1.54, 1.807) is 11.8 Å². The summed E-state index contributed by atoms with van der Waals surface area (Å²) in [7, 11) is 0. The Morgan fingerprint density at radius 2 is 2.06 bits per heavy atom. The van der Waals surface area contributed by atoms with Gasteiger partial charge in [0.25, 0.3) is 0 Å². The first-order valence-electron chi connectivity index (χ1n) is 5.92. The van der Waals surface area contributed by atoms with Crippen LogP contribution in [-0.4, -0.2) is 21.2 Å². The fourth-order valence-electron chi connectivity index (χ4n) is 1.36. The molecule has 0 saturated carbocycles. The van der Waals surface area contributed by atoms with Gasteiger partial charge in [0, 0.05) is 6.42 Å². The van der Waals surface area contributed by atoms with E-state index in [9.17, 15) is 4.79 Å². The van der Waals surface area contributed by atoms with Crippen molar-refractivity contribution < 1.29 is 9.32 Å². The summed E-state index contributed by atoms with van der Waals surface area (Å²) in [6, 6.07) is 0. The molecule has 0 spiro atoms. The number of rotatable bonds is 7. The van der Waals surface area contributed by atoms with E-state index in [1.807, 2.05) is 13.8 Å². The molecule has 0 saturated heterocycles. The van der Waals surface area contributed by atoms with Crippen LogP contribution >= 0.6 is 11.8 Å². The number of carbonyl (C=O) groups is 1. The minimum absolute atomic E-state index is 0.159. The van der Waals surface area contributed by atoms with Crippen molar-refractivity contribution in [2.75, 3.05) is 0 Å². The van der Waals surface area contributed by atoms with Gasteiger partial charge in [0.05, 0.1) is 12.2 Å². The molecule has 1 aromatic rings. The van der Waals surface area contributed by atoms with E-state index in [0.29, 0.717) is 29.3 Å². The van der Waals surface area contributed by atoms with Crippen molar-refractivity contribution in [3.63, 3.8) is 0 Å². The first-order chi connectivity index (χ1) is 7.97. The zero-order chi connectivity index (χ0) is 12.8. The van der Waals surface area contributed by atoms with Gasteiger partial charge in [-0.3, -0.25) is 4.79 Å². The summed E-state index contributed by atoms with van der Waals surface area (Å²) >= 11 is 1.76. The maximum absolute atomic E-state index is 11.6. The molecule has 1 rings (SSSR count). The summed E-state index contributed by atoms with van der Waals surface area (Å²) in [6.45, 7) is 8.29. The monoisotopic (exact) mass is 256 g/mol. The number of Topliss-reactive ketones (excluding diaryl/α,β-unsaturated/α-hetero) is 1. The standard InChI is InChI=1S/C12H20N2O2S/c1-8(2)5-10(15)6-12-13-11(14-16-12)7-17-9(3)4/h8-9H,5-7H2,1-4H3. The van der Waals surface area contributed by atoms with Gasteiger partial charge in [-0.25, -0.2) is 0 Å². The predicted molar refractivity (Wildman–Crippen MR) is 68.9 cm³/mol. The van der Waals surface area contributed by atoms with Gasteiger partial charge < -0.3 is 4.52 Å². The van der Waals surface area contributed by atoms with Crippen LogP contribution in [-0.2, 0) is 17.0 Å². The molecule has 0 radical (unpaired) electrons. The van der Waals surface area contributed by atoms with Crippen LogP contribution in [0, 0.1) is 5.92 Å². The summed E-state index contributed by atoms with van der Waals surface area (Å²) in [4.78, 5) is 15.8. The predicted octanol–water partition coefficient (Wildman–Crippen LogP) is 2.87. The molecule has 0 aromatic carbocycles. The van der Waals surface area contributed by atoms with E-state index in [-0.39, 0.29) is 12.2 Å². The highest BCUT2D eigenvalue weighted by Crippen LogP contribution is 2.15. The van der Waals surface area contributed by atoms with Gasteiger partial charge >= 0.3 is 0 Å². The molecule has 96 valence electrons. The van der Waals surface area contributed by atoms with Crippen LogP contribution in [0.1, 0.15) is 45.8 Å². The molecule has 0 atom stereocenters. The number of hydrogen-bond donors (Lipinski definition) is 0. The van der Waals surface area contributed by atoms with Crippen LogP contribution in [0.25, 0.3) is 0 Å².